The molecule has 0 radical (unpaired) electrons. The highest BCUT2D eigenvalue weighted by Crippen LogP contribution is 2.50. The standard InChI is InChI=1S/C29H32N8.C28H27N7.C26H25FN6/c1-34(2)12-10-31-16-22-9-11-35(17-22)26-7-8-27-25(13-26)19-36-18-24(23-5-3-21(15-30)4-6-23)14-28(36)29-33-32-20-37(27)29;1-19-30-31-27-26-12-22(21-5-3-20(13-29)4-6-21)14-34(26)15-23-11-24(7-8-25(23)35(19)27)33-10-9-28(18-33)16-32(2)17-28;27-21-4-2-18(3-5-21)19-15-24-25-28-29-30-33(25)23-7-6-22(14-20(23)17-32(24)16-19)31-12-10-26(11-13-31)8-1-9-26/h3-8,13-14,18,20,22,31H,9-12,16-17,19H2,1-2H3;3-8,11-12,14H,9-10,15-18H2,1-2H3;2-7,14-16H,1,8-13,17H2. The number of halogens is 1. The first kappa shape index (κ1) is 65.7. The Morgan fingerprint density at radius 2 is 1.09 bits per heavy atom. The number of likely N-dealkylation sites (tertiary alicyclic amines) is 1. The van der Waals surface area contributed by atoms with Crippen LogP contribution in [0.2, 0.25) is 0 Å². The lowest BCUT2D eigenvalue weighted by Crippen LogP contribution is -2.55. The Hall–Kier alpha value is -11.3. The normalized spacial score (nSPS) is 17.4. The first-order valence-electron chi connectivity index (χ1n) is 37.0. The molecule has 2 spiro atoms. The van der Waals surface area contributed by atoms with Gasteiger partial charge in [-0.2, -0.15) is 15.2 Å². The summed E-state index contributed by atoms with van der Waals surface area (Å²) in [4.78, 5) is 12.3. The number of hydrogen-bond donors (Lipinski definition) is 1. The second-order valence-corrected chi connectivity index (χ2v) is 30.7. The summed E-state index contributed by atoms with van der Waals surface area (Å²) in [6, 6.07) is 53.3. The Kier molecular flexibility index (Phi) is 16.7. The van der Waals surface area contributed by atoms with Crippen LogP contribution in [0.3, 0.4) is 0 Å². The molecule has 105 heavy (non-hydrogen) atoms. The molecule has 7 aliphatic heterocycles. The van der Waals surface area contributed by atoms with Crippen LogP contribution in [0.1, 0.15) is 78.6 Å². The molecule has 1 atom stereocenters. The minimum absolute atomic E-state index is 0.231. The molecule has 528 valence electrons. The summed E-state index contributed by atoms with van der Waals surface area (Å²) >= 11 is 0. The van der Waals surface area contributed by atoms with Gasteiger partial charge in [0.1, 0.15) is 18.0 Å². The molecule has 5 fully saturated rings. The first-order valence-corrected chi connectivity index (χ1v) is 37.0. The molecule has 1 N–H and O–H groups in total. The summed E-state index contributed by atoms with van der Waals surface area (Å²) in [6.45, 7) is 16.6. The molecule has 1 unspecified atom stereocenters. The maximum Gasteiger partial charge on any atom is 0.203 e. The largest absolute Gasteiger partial charge is 0.371 e. The molecule has 1 aliphatic carbocycles. The Labute approximate surface area is 610 Å². The fourth-order valence-corrected chi connectivity index (χ4v) is 17.7. The van der Waals surface area contributed by atoms with Crippen LogP contribution in [0.4, 0.5) is 21.5 Å². The Morgan fingerprint density at radius 1 is 0.543 bits per heavy atom. The van der Waals surface area contributed by atoms with Gasteiger partial charge in [-0.1, -0.05) is 42.8 Å². The number of aromatic nitrogens is 13. The second kappa shape index (κ2) is 26.8. The molecule has 0 amide bonds. The molecule has 6 aromatic heterocycles. The number of nitrogens with zero attached hydrogens (tertiary/aromatic N) is 20. The Morgan fingerprint density at radius 3 is 1.69 bits per heavy atom. The molecule has 20 rings (SSSR count). The van der Waals surface area contributed by atoms with E-state index >= 15 is 0 Å². The lowest BCUT2D eigenvalue weighted by atomic mass is 9.63. The van der Waals surface area contributed by atoms with Gasteiger partial charge in [0, 0.05) is 143 Å². The van der Waals surface area contributed by atoms with Crippen molar-refractivity contribution in [3.05, 3.63) is 210 Å². The van der Waals surface area contributed by atoms with Crippen LogP contribution < -0.4 is 20.0 Å². The van der Waals surface area contributed by atoms with E-state index in [-0.39, 0.29) is 5.82 Å². The van der Waals surface area contributed by atoms with E-state index < -0.39 is 0 Å². The maximum absolute atomic E-state index is 13.4. The van der Waals surface area contributed by atoms with E-state index in [4.69, 9.17) is 10.5 Å². The number of rotatable bonds is 11. The van der Waals surface area contributed by atoms with Crippen molar-refractivity contribution in [3.8, 4) is 97.1 Å². The van der Waals surface area contributed by atoms with Gasteiger partial charge in [0.05, 0.1) is 57.4 Å². The van der Waals surface area contributed by atoms with Crippen molar-refractivity contribution in [2.24, 2.45) is 16.7 Å². The lowest BCUT2D eigenvalue weighted by Gasteiger charge is -2.48. The first-order chi connectivity index (χ1) is 51.3. The van der Waals surface area contributed by atoms with Crippen molar-refractivity contribution < 1.29 is 4.39 Å². The zero-order valence-electron chi connectivity index (χ0n) is 59.9. The molecule has 0 bridgehead atoms. The zero-order chi connectivity index (χ0) is 71.1. The van der Waals surface area contributed by atoms with Crippen LogP contribution in [0.5, 0.6) is 0 Å². The predicted molar refractivity (Wildman–Crippen MR) is 406 cm³/mol. The zero-order valence-corrected chi connectivity index (χ0v) is 59.9. The maximum atomic E-state index is 13.4. The van der Waals surface area contributed by atoms with Gasteiger partial charge in [0.15, 0.2) is 11.6 Å². The third-order valence-corrected chi connectivity index (χ3v) is 23.5. The SMILES string of the molecule is CN(C)CCNCC1CCN(c2ccc3c(c2)Cn2cc(-c4ccc(C#N)cc4)cc2-c2nncn2-3)C1.Cc1nnc2n1-c1ccc(N3CCC4(CN(C)C4)C3)cc1Cn1cc(-c3ccc(C#N)cc3)cc1-2.Fc1ccc(-c2cc3n(c2)Cc2cc(N4CCC5(CCC5)CC4)ccc2-n2nnnc2-3)cc1. The number of aryl methyl sites for hydroxylation is 1. The van der Waals surface area contributed by atoms with Crippen LogP contribution in [-0.4, -0.2) is 166 Å². The number of nitrogens with one attached hydrogen (secondary N) is 1. The number of likely N-dealkylation sites (N-methyl/N-ethyl adjacent to an activating group) is 1. The second-order valence-electron chi connectivity index (χ2n) is 30.7. The fourth-order valence-electron chi connectivity index (χ4n) is 17.7. The predicted octanol–water partition coefficient (Wildman–Crippen LogP) is 12.8. The van der Waals surface area contributed by atoms with Crippen LogP contribution >= 0.6 is 0 Å². The Balaban J connectivity index is 0.000000112. The minimum atomic E-state index is -0.231. The summed E-state index contributed by atoms with van der Waals surface area (Å²) in [6.07, 6.45) is 17.7. The van der Waals surface area contributed by atoms with Crippen molar-refractivity contribution in [1.29, 1.82) is 10.5 Å². The average molecular weight is 1390 g/mol. The highest BCUT2D eigenvalue weighted by molar-refractivity contribution is 5.76. The number of fused-ring (bicyclic) bond motifs is 15. The lowest BCUT2D eigenvalue weighted by molar-refractivity contribution is 0.0424. The summed E-state index contributed by atoms with van der Waals surface area (Å²) < 4.78 is 26.3. The molecular weight excluding hydrogens is 1310 g/mol. The number of benzene rings is 6. The van der Waals surface area contributed by atoms with Crippen molar-refractivity contribution >= 4 is 17.1 Å². The summed E-state index contributed by atoms with van der Waals surface area (Å²) in [5.74, 6) is 3.77. The minimum Gasteiger partial charge on any atom is -0.371 e. The molecule has 8 aliphatic rings. The Bertz CT molecular complexity index is 5320. The van der Waals surface area contributed by atoms with Crippen molar-refractivity contribution in [2.75, 3.05) is 108 Å². The van der Waals surface area contributed by atoms with Crippen LogP contribution in [0, 0.1) is 52.2 Å². The van der Waals surface area contributed by atoms with Gasteiger partial charge >= 0.3 is 0 Å². The van der Waals surface area contributed by atoms with E-state index in [1.54, 1.807) is 0 Å². The van der Waals surface area contributed by atoms with Gasteiger partial charge in [-0.3, -0.25) is 9.13 Å². The van der Waals surface area contributed by atoms with Gasteiger partial charge < -0.3 is 43.5 Å². The van der Waals surface area contributed by atoms with Gasteiger partial charge in [0.25, 0.3) is 0 Å². The number of anilines is 3. The molecule has 12 aromatic rings. The van der Waals surface area contributed by atoms with E-state index in [0.29, 0.717) is 27.9 Å². The summed E-state index contributed by atoms with van der Waals surface area (Å²) in [5.41, 5.74) is 22.8. The molecule has 1 saturated carbocycles. The van der Waals surface area contributed by atoms with Gasteiger partial charge in [0.2, 0.25) is 5.82 Å². The number of piperidine rings is 1. The molecule has 21 nitrogen and oxygen atoms in total. The van der Waals surface area contributed by atoms with Crippen LogP contribution in [-0.2, 0) is 19.6 Å². The van der Waals surface area contributed by atoms with E-state index in [1.807, 2.05) is 78.6 Å². The molecule has 13 heterocycles. The fraction of sp³-hybridized carbons (Fsp3) is 0.337. The van der Waals surface area contributed by atoms with E-state index in [0.717, 1.165) is 169 Å². The van der Waals surface area contributed by atoms with Crippen molar-refractivity contribution in [1.82, 2.24) is 78.6 Å². The summed E-state index contributed by atoms with van der Waals surface area (Å²) in [5, 5.41) is 52.3. The molecule has 4 saturated heterocycles. The quantitative estimate of drug-likeness (QED) is 0.120. The van der Waals surface area contributed by atoms with Gasteiger partial charge in [-0.05, 0) is 237 Å². The average Bonchev–Trinajstić information content (AvgIpc) is 1.69. The summed E-state index contributed by atoms with van der Waals surface area (Å²) in [7, 11) is 6.45. The third-order valence-electron chi connectivity index (χ3n) is 23.5. The molecule has 6 aromatic carbocycles. The monoisotopic (exact) mass is 1390 g/mol. The highest BCUT2D eigenvalue weighted by Gasteiger charge is 2.46. The topological polar surface area (TPSA) is 196 Å². The van der Waals surface area contributed by atoms with Crippen LogP contribution in [0.15, 0.2) is 171 Å². The smallest absolute Gasteiger partial charge is 0.203 e. The van der Waals surface area contributed by atoms with E-state index in [1.165, 1.54) is 104 Å². The third kappa shape index (κ3) is 12.4. The molecular formula is C83H84FN21. The van der Waals surface area contributed by atoms with E-state index in [9.17, 15) is 4.39 Å². The molecule has 22 heteroatoms. The van der Waals surface area contributed by atoms with Gasteiger partial charge in [-0.25, -0.2) is 4.39 Å². The van der Waals surface area contributed by atoms with Crippen molar-refractivity contribution in [3.63, 3.8) is 0 Å². The van der Waals surface area contributed by atoms with Crippen LogP contribution in [0.25, 0.3) is 85.0 Å². The number of tetrazole rings is 1. The van der Waals surface area contributed by atoms with Crippen molar-refractivity contribution in [2.45, 2.75) is 71.5 Å². The van der Waals surface area contributed by atoms with E-state index in [2.05, 4.69) is 213 Å². The van der Waals surface area contributed by atoms with Gasteiger partial charge in [-0.15, -0.1) is 25.5 Å². The number of nitriles is 2. The number of hydrogen-bond acceptors (Lipinski definition) is 15. The highest BCUT2D eigenvalue weighted by atomic mass is 19.1.